The summed E-state index contributed by atoms with van der Waals surface area (Å²) in [4.78, 5) is 31.1. The smallest absolute Gasteiger partial charge is 0.251 e. The van der Waals surface area contributed by atoms with Crippen LogP contribution in [0.4, 0.5) is 0 Å². The van der Waals surface area contributed by atoms with Crippen molar-refractivity contribution in [1.82, 2.24) is 25.4 Å². The highest BCUT2D eigenvalue weighted by molar-refractivity contribution is 6.30. The van der Waals surface area contributed by atoms with Crippen molar-refractivity contribution in [2.24, 2.45) is 0 Å². The predicted molar refractivity (Wildman–Crippen MR) is 110 cm³/mol. The molecule has 2 amide bonds. The number of H-pyrrole nitrogens is 1. The lowest BCUT2D eigenvalue weighted by Gasteiger charge is -2.31. The highest BCUT2D eigenvalue weighted by Gasteiger charge is 2.30. The maximum Gasteiger partial charge on any atom is 0.251 e. The number of aromatic amines is 1. The summed E-state index contributed by atoms with van der Waals surface area (Å²) >= 11 is 5.83. The number of carbonyl (C=O) groups excluding carboxylic acids is 2. The van der Waals surface area contributed by atoms with E-state index in [0.717, 1.165) is 37.6 Å². The van der Waals surface area contributed by atoms with Crippen molar-refractivity contribution in [1.29, 1.82) is 0 Å². The number of amides is 2. The average Bonchev–Trinajstić information content (AvgIpc) is 3.48. The second kappa shape index (κ2) is 8.95. The summed E-state index contributed by atoms with van der Waals surface area (Å²) in [6.45, 7) is 1.98. The minimum Gasteiger partial charge on any atom is -0.352 e. The van der Waals surface area contributed by atoms with E-state index in [-0.39, 0.29) is 11.8 Å². The van der Waals surface area contributed by atoms with Gasteiger partial charge in [-0.25, -0.2) is 4.98 Å². The first kappa shape index (κ1) is 19.9. The predicted octanol–water partition coefficient (Wildman–Crippen LogP) is 3.25. The normalized spacial score (nSPS) is 17.3. The van der Waals surface area contributed by atoms with Crippen LogP contribution in [0.5, 0.6) is 0 Å². The Morgan fingerprint density at radius 1 is 1.10 bits per heavy atom. The quantitative estimate of drug-likeness (QED) is 0.679. The molecule has 0 bridgehead atoms. The van der Waals surface area contributed by atoms with Gasteiger partial charge in [-0.3, -0.25) is 14.7 Å². The lowest BCUT2D eigenvalue weighted by molar-refractivity contribution is -0.132. The molecule has 4 rings (SSSR count). The molecule has 2 fully saturated rings. The van der Waals surface area contributed by atoms with Crippen LogP contribution < -0.4 is 5.32 Å². The number of hydrogen-bond donors (Lipinski definition) is 2. The minimum absolute atomic E-state index is 0.146. The molecular formula is C21H26ClN5O2. The summed E-state index contributed by atoms with van der Waals surface area (Å²) < 4.78 is 0. The Morgan fingerprint density at radius 2 is 1.83 bits per heavy atom. The van der Waals surface area contributed by atoms with Crippen LogP contribution in [0.15, 0.2) is 24.3 Å². The van der Waals surface area contributed by atoms with E-state index in [1.165, 1.54) is 12.8 Å². The number of aromatic nitrogens is 3. The molecule has 1 saturated heterocycles. The van der Waals surface area contributed by atoms with Gasteiger partial charge in [-0.15, -0.1) is 0 Å². The summed E-state index contributed by atoms with van der Waals surface area (Å²) in [6.07, 6.45) is 5.30. The number of halogens is 1. The van der Waals surface area contributed by atoms with Gasteiger partial charge in [-0.2, -0.15) is 5.10 Å². The van der Waals surface area contributed by atoms with Gasteiger partial charge in [0.25, 0.3) is 5.91 Å². The number of rotatable bonds is 7. The Labute approximate surface area is 175 Å². The van der Waals surface area contributed by atoms with Crippen molar-refractivity contribution < 1.29 is 9.59 Å². The number of nitrogens with zero attached hydrogens (tertiary/aromatic N) is 3. The minimum atomic E-state index is -0.146. The van der Waals surface area contributed by atoms with Gasteiger partial charge < -0.3 is 10.2 Å². The van der Waals surface area contributed by atoms with Crippen molar-refractivity contribution in [2.45, 2.75) is 50.4 Å². The van der Waals surface area contributed by atoms with Gasteiger partial charge in [0.15, 0.2) is 5.82 Å². The van der Waals surface area contributed by atoms with E-state index < -0.39 is 0 Å². The molecule has 2 N–H and O–H groups in total. The molecule has 1 aromatic heterocycles. The maximum absolute atomic E-state index is 12.5. The van der Waals surface area contributed by atoms with Crippen LogP contribution in [-0.2, 0) is 4.79 Å². The number of hydrogen-bond acceptors (Lipinski definition) is 4. The lowest BCUT2D eigenvalue weighted by Crippen LogP contribution is -2.38. The van der Waals surface area contributed by atoms with Crippen molar-refractivity contribution >= 4 is 23.4 Å². The molecule has 0 atom stereocenters. The van der Waals surface area contributed by atoms with Crippen LogP contribution in [0.25, 0.3) is 0 Å². The van der Waals surface area contributed by atoms with Crippen molar-refractivity contribution in [3.8, 4) is 0 Å². The van der Waals surface area contributed by atoms with E-state index in [1.54, 1.807) is 24.3 Å². The zero-order valence-corrected chi connectivity index (χ0v) is 17.1. The van der Waals surface area contributed by atoms with Gasteiger partial charge in [0.05, 0.1) is 0 Å². The van der Waals surface area contributed by atoms with Crippen LogP contribution in [0.2, 0.25) is 5.02 Å². The zero-order valence-electron chi connectivity index (χ0n) is 16.4. The first-order valence-electron chi connectivity index (χ1n) is 10.3. The molecule has 0 spiro atoms. The molecule has 2 aromatic rings. The summed E-state index contributed by atoms with van der Waals surface area (Å²) in [5, 5.41) is 10.9. The van der Waals surface area contributed by atoms with E-state index in [0.29, 0.717) is 41.8 Å². The highest BCUT2D eigenvalue weighted by Crippen LogP contribution is 2.38. The van der Waals surface area contributed by atoms with Crippen LogP contribution >= 0.6 is 11.6 Å². The SMILES string of the molecule is O=C(NCCCC(=O)N1CCC(c2nc(C3CC3)n[nH]2)CC1)c1ccc(Cl)cc1. The third kappa shape index (κ3) is 5.15. The van der Waals surface area contributed by atoms with Gasteiger partial charge >= 0.3 is 0 Å². The van der Waals surface area contributed by atoms with E-state index in [4.69, 9.17) is 11.6 Å². The first-order chi connectivity index (χ1) is 14.1. The number of piperidine rings is 1. The molecule has 154 valence electrons. The summed E-state index contributed by atoms with van der Waals surface area (Å²) in [6, 6.07) is 6.76. The number of nitrogens with one attached hydrogen (secondary N) is 2. The molecule has 0 radical (unpaired) electrons. The molecule has 29 heavy (non-hydrogen) atoms. The Hall–Kier alpha value is -2.41. The van der Waals surface area contributed by atoms with Crippen LogP contribution in [0, 0.1) is 0 Å². The molecule has 1 aromatic carbocycles. The second-order valence-electron chi connectivity index (χ2n) is 7.87. The monoisotopic (exact) mass is 415 g/mol. The Morgan fingerprint density at radius 3 is 2.52 bits per heavy atom. The third-order valence-electron chi connectivity index (χ3n) is 5.66. The fourth-order valence-corrected chi connectivity index (χ4v) is 3.83. The van der Waals surface area contributed by atoms with E-state index in [9.17, 15) is 9.59 Å². The second-order valence-corrected chi connectivity index (χ2v) is 8.31. The largest absolute Gasteiger partial charge is 0.352 e. The molecule has 1 saturated carbocycles. The van der Waals surface area contributed by atoms with Crippen molar-refractivity contribution in [3.63, 3.8) is 0 Å². The standard InChI is InChI=1S/C21H26ClN5O2/c22-17-7-5-16(6-8-17)21(29)23-11-1-2-18(28)27-12-9-15(10-13-27)20-24-19(25-26-20)14-3-4-14/h5-8,14-15H,1-4,9-13H2,(H,23,29)(H,24,25,26). The Bertz CT molecular complexity index is 854. The fraction of sp³-hybridized carbons (Fsp3) is 0.524. The van der Waals surface area contributed by atoms with Crippen LogP contribution in [0.1, 0.15) is 72.4 Å². The van der Waals surface area contributed by atoms with Gasteiger partial charge in [0.2, 0.25) is 5.91 Å². The molecule has 0 unspecified atom stereocenters. The van der Waals surface area contributed by atoms with Crippen LogP contribution in [-0.4, -0.2) is 51.5 Å². The van der Waals surface area contributed by atoms with E-state index >= 15 is 0 Å². The lowest BCUT2D eigenvalue weighted by atomic mass is 9.96. The van der Waals surface area contributed by atoms with E-state index in [1.807, 2.05) is 4.90 Å². The van der Waals surface area contributed by atoms with E-state index in [2.05, 4.69) is 20.5 Å². The van der Waals surface area contributed by atoms with Crippen molar-refractivity contribution in [2.75, 3.05) is 19.6 Å². The molecule has 2 heterocycles. The topological polar surface area (TPSA) is 91.0 Å². The first-order valence-corrected chi connectivity index (χ1v) is 10.7. The number of likely N-dealkylation sites (tertiary alicyclic amines) is 1. The molecule has 1 aliphatic carbocycles. The van der Waals surface area contributed by atoms with Crippen molar-refractivity contribution in [3.05, 3.63) is 46.5 Å². The van der Waals surface area contributed by atoms with Gasteiger partial charge in [0, 0.05) is 48.5 Å². The molecule has 2 aliphatic rings. The number of benzene rings is 1. The van der Waals surface area contributed by atoms with Gasteiger partial charge in [-0.1, -0.05) is 11.6 Å². The van der Waals surface area contributed by atoms with Gasteiger partial charge in [-0.05, 0) is 56.4 Å². The molecular weight excluding hydrogens is 390 g/mol. The number of carbonyl (C=O) groups is 2. The Kier molecular flexibility index (Phi) is 6.13. The zero-order chi connectivity index (χ0) is 20.2. The van der Waals surface area contributed by atoms with Gasteiger partial charge in [0.1, 0.15) is 5.82 Å². The average molecular weight is 416 g/mol. The summed E-state index contributed by atoms with van der Waals surface area (Å²) in [5.41, 5.74) is 0.569. The highest BCUT2D eigenvalue weighted by atomic mass is 35.5. The summed E-state index contributed by atoms with van der Waals surface area (Å²) in [7, 11) is 0. The maximum atomic E-state index is 12.5. The molecule has 8 heteroatoms. The fourth-order valence-electron chi connectivity index (χ4n) is 3.70. The molecule has 7 nitrogen and oxygen atoms in total. The molecule has 1 aliphatic heterocycles. The third-order valence-corrected chi connectivity index (χ3v) is 5.91. The Balaban J connectivity index is 1.15. The summed E-state index contributed by atoms with van der Waals surface area (Å²) in [5.74, 6) is 2.86. The van der Waals surface area contributed by atoms with Crippen LogP contribution in [0.3, 0.4) is 0 Å².